The molecule has 1 heterocycles. The summed E-state index contributed by atoms with van der Waals surface area (Å²) in [6.45, 7) is 3.67. The van der Waals surface area contributed by atoms with Gasteiger partial charge in [-0.2, -0.15) is 0 Å². The fourth-order valence-electron chi connectivity index (χ4n) is 3.15. The Morgan fingerprint density at radius 1 is 1.19 bits per heavy atom. The summed E-state index contributed by atoms with van der Waals surface area (Å²) in [6.07, 6.45) is 2.62. The minimum Gasteiger partial charge on any atom is -0.349 e. The summed E-state index contributed by atoms with van der Waals surface area (Å²) >= 11 is 5.52. The first kappa shape index (κ1) is 19.3. The highest BCUT2D eigenvalue weighted by molar-refractivity contribution is 7.80. The standard InChI is InChI=1S/C21H24FN3OS/c1-2-15-6-8-18(9-7-15)24-21(27)25-12-10-19(11-13-25)23-20(26)16-4-3-5-17(22)14-16/h3-9,14,19H,2,10-13H2,1H3,(H,23,26)(H,24,27). The van der Waals surface area contributed by atoms with E-state index in [1.54, 1.807) is 12.1 Å². The third-order valence-corrected chi connectivity index (χ3v) is 5.18. The van der Waals surface area contributed by atoms with Gasteiger partial charge in [-0.1, -0.05) is 25.1 Å². The van der Waals surface area contributed by atoms with Crippen molar-refractivity contribution in [3.8, 4) is 0 Å². The van der Waals surface area contributed by atoms with Gasteiger partial charge in [-0.3, -0.25) is 4.79 Å². The molecule has 1 amide bonds. The number of thiocarbonyl (C=S) groups is 1. The monoisotopic (exact) mass is 385 g/mol. The van der Waals surface area contributed by atoms with Crippen molar-refractivity contribution in [2.75, 3.05) is 18.4 Å². The molecule has 3 rings (SSSR count). The molecule has 0 radical (unpaired) electrons. The molecule has 0 aromatic heterocycles. The predicted octanol–water partition coefficient (Wildman–Crippen LogP) is 3.98. The number of piperidine rings is 1. The molecule has 27 heavy (non-hydrogen) atoms. The van der Waals surface area contributed by atoms with Crippen LogP contribution in [0.25, 0.3) is 0 Å². The van der Waals surface area contributed by atoms with Crippen LogP contribution in [0.3, 0.4) is 0 Å². The summed E-state index contributed by atoms with van der Waals surface area (Å²) < 4.78 is 13.3. The molecule has 142 valence electrons. The van der Waals surface area contributed by atoms with Crippen molar-refractivity contribution in [3.05, 3.63) is 65.5 Å². The number of carbonyl (C=O) groups excluding carboxylic acids is 1. The topological polar surface area (TPSA) is 44.4 Å². The summed E-state index contributed by atoms with van der Waals surface area (Å²) in [5, 5.41) is 6.97. The lowest BCUT2D eigenvalue weighted by molar-refractivity contribution is 0.0922. The molecule has 0 unspecified atom stereocenters. The van der Waals surface area contributed by atoms with Gasteiger partial charge in [-0.15, -0.1) is 0 Å². The van der Waals surface area contributed by atoms with Crippen LogP contribution in [-0.2, 0) is 6.42 Å². The first-order valence-corrected chi connectivity index (χ1v) is 9.67. The summed E-state index contributed by atoms with van der Waals surface area (Å²) in [7, 11) is 0. The molecule has 2 aromatic rings. The van der Waals surface area contributed by atoms with E-state index >= 15 is 0 Å². The number of benzene rings is 2. The van der Waals surface area contributed by atoms with Crippen LogP contribution in [0, 0.1) is 5.82 Å². The highest BCUT2D eigenvalue weighted by Gasteiger charge is 2.22. The van der Waals surface area contributed by atoms with Crippen LogP contribution in [0.15, 0.2) is 48.5 Å². The molecule has 1 saturated heterocycles. The lowest BCUT2D eigenvalue weighted by Crippen LogP contribution is -2.47. The molecule has 1 fully saturated rings. The van der Waals surface area contributed by atoms with E-state index in [0.717, 1.165) is 38.0 Å². The van der Waals surface area contributed by atoms with Crippen LogP contribution in [-0.4, -0.2) is 35.1 Å². The van der Waals surface area contributed by atoms with Gasteiger partial charge in [0.25, 0.3) is 5.91 Å². The van der Waals surface area contributed by atoms with Crippen molar-refractivity contribution in [2.24, 2.45) is 0 Å². The molecule has 0 atom stereocenters. The van der Waals surface area contributed by atoms with Gasteiger partial charge in [0.2, 0.25) is 0 Å². The fraction of sp³-hybridized carbons (Fsp3) is 0.333. The molecular weight excluding hydrogens is 361 g/mol. The maximum absolute atomic E-state index is 13.3. The second-order valence-corrected chi connectivity index (χ2v) is 7.11. The van der Waals surface area contributed by atoms with E-state index < -0.39 is 5.82 Å². The third-order valence-electron chi connectivity index (χ3n) is 4.82. The van der Waals surface area contributed by atoms with Gasteiger partial charge >= 0.3 is 0 Å². The molecule has 4 nitrogen and oxygen atoms in total. The Morgan fingerprint density at radius 3 is 2.52 bits per heavy atom. The second-order valence-electron chi connectivity index (χ2n) is 6.73. The van der Waals surface area contributed by atoms with Crippen LogP contribution in [0.1, 0.15) is 35.7 Å². The maximum Gasteiger partial charge on any atom is 0.251 e. The number of carbonyl (C=O) groups is 1. The van der Waals surface area contributed by atoms with Crippen molar-refractivity contribution < 1.29 is 9.18 Å². The Kier molecular flexibility index (Phi) is 6.40. The molecule has 0 spiro atoms. The van der Waals surface area contributed by atoms with Gasteiger partial charge < -0.3 is 15.5 Å². The van der Waals surface area contributed by atoms with E-state index in [0.29, 0.717) is 10.7 Å². The normalized spacial score (nSPS) is 14.7. The largest absolute Gasteiger partial charge is 0.349 e. The number of amides is 1. The molecule has 0 aliphatic carbocycles. The summed E-state index contributed by atoms with van der Waals surface area (Å²) in [5.41, 5.74) is 2.63. The summed E-state index contributed by atoms with van der Waals surface area (Å²) in [6, 6.07) is 14.1. The van der Waals surface area contributed by atoms with Gasteiger partial charge in [0.05, 0.1) is 0 Å². The number of rotatable bonds is 4. The Hall–Kier alpha value is -2.47. The van der Waals surface area contributed by atoms with Crippen molar-refractivity contribution in [1.82, 2.24) is 10.2 Å². The van der Waals surface area contributed by atoms with Crippen LogP contribution in [0.4, 0.5) is 10.1 Å². The molecule has 6 heteroatoms. The van der Waals surface area contributed by atoms with Gasteiger partial charge in [0.1, 0.15) is 5.82 Å². The molecule has 2 aromatic carbocycles. The Labute approximate surface area is 164 Å². The predicted molar refractivity (Wildman–Crippen MR) is 111 cm³/mol. The molecule has 0 bridgehead atoms. The van der Waals surface area contributed by atoms with Gasteiger partial charge in [0, 0.05) is 30.4 Å². The number of nitrogens with zero attached hydrogens (tertiary/aromatic N) is 1. The van der Waals surface area contributed by atoms with Crippen molar-refractivity contribution in [1.29, 1.82) is 0 Å². The Bertz CT molecular complexity index is 801. The van der Waals surface area contributed by atoms with E-state index in [2.05, 4.69) is 34.6 Å². The van der Waals surface area contributed by atoms with Crippen molar-refractivity contribution in [2.45, 2.75) is 32.2 Å². The van der Waals surface area contributed by atoms with Crippen LogP contribution < -0.4 is 10.6 Å². The van der Waals surface area contributed by atoms with Crippen LogP contribution >= 0.6 is 12.2 Å². The third kappa shape index (κ3) is 5.26. The highest BCUT2D eigenvalue weighted by Crippen LogP contribution is 2.15. The van der Waals surface area contributed by atoms with Crippen LogP contribution in [0.2, 0.25) is 0 Å². The fourth-order valence-corrected chi connectivity index (χ4v) is 3.45. The summed E-state index contributed by atoms with van der Waals surface area (Å²) in [5.74, 6) is -0.634. The number of hydrogen-bond acceptors (Lipinski definition) is 2. The highest BCUT2D eigenvalue weighted by atomic mass is 32.1. The van der Waals surface area contributed by atoms with E-state index in [1.165, 1.54) is 17.7 Å². The summed E-state index contributed by atoms with van der Waals surface area (Å²) in [4.78, 5) is 14.4. The minimum atomic E-state index is -0.402. The van der Waals surface area contributed by atoms with Gasteiger partial charge in [0.15, 0.2) is 5.11 Å². The Morgan fingerprint density at radius 2 is 1.89 bits per heavy atom. The maximum atomic E-state index is 13.3. The second kappa shape index (κ2) is 8.95. The molecule has 0 saturated carbocycles. The lowest BCUT2D eigenvalue weighted by Gasteiger charge is -2.34. The van der Waals surface area contributed by atoms with Crippen molar-refractivity contribution in [3.63, 3.8) is 0 Å². The van der Waals surface area contributed by atoms with Gasteiger partial charge in [-0.05, 0) is 67.4 Å². The zero-order chi connectivity index (χ0) is 19.2. The number of likely N-dealkylation sites (tertiary alicyclic amines) is 1. The molecular formula is C21H24FN3OS. The van der Waals surface area contributed by atoms with E-state index in [9.17, 15) is 9.18 Å². The zero-order valence-electron chi connectivity index (χ0n) is 15.4. The van der Waals surface area contributed by atoms with Crippen LogP contribution in [0.5, 0.6) is 0 Å². The molecule has 1 aliphatic heterocycles. The molecule has 1 aliphatic rings. The minimum absolute atomic E-state index is 0.0728. The van der Waals surface area contributed by atoms with E-state index in [4.69, 9.17) is 12.2 Å². The molecule has 2 N–H and O–H groups in total. The number of anilines is 1. The first-order chi connectivity index (χ1) is 13.0. The number of hydrogen-bond donors (Lipinski definition) is 2. The average molecular weight is 386 g/mol. The SMILES string of the molecule is CCc1ccc(NC(=S)N2CCC(NC(=O)c3cccc(F)c3)CC2)cc1. The number of halogens is 1. The number of aryl methyl sites for hydroxylation is 1. The van der Waals surface area contributed by atoms with Crippen molar-refractivity contribution >= 4 is 28.9 Å². The van der Waals surface area contributed by atoms with E-state index in [-0.39, 0.29) is 11.9 Å². The van der Waals surface area contributed by atoms with Gasteiger partial charge in [-0.25, -0.2) is 4.39 Å². The lowest BCUT2D eigenvalue weighted by atomic mass is 10.0. The average Bonchev–Trinajstić information content (AvgIpc) is 2.69. The number of nitrogens with one attached hydrogen (secondary N) is 2. The Balaban J connectivity index is 1.47. The zero-order valence-corrected chi connectivity index (χ0v) is 16.2. The van der Waals surface area contributed by atoms with E-state index in [1.807, 2.05) is 12.1 Å². The smallest absolute Gasteiger partial charge is 0.251 e. The quantitative estimate of drug-likeness (QED) is 0.782. The first-order valence-electron chi connectivity index (χ1n) is 9.26.